The summed E-state index contributed by atoms with van der Waals surface area (Å²) >= 11 is 0. The Bertz CT molecular complexity index is 803. The van der Waals surface area contributed by atoms with E-state index in [1.807, 2.05) is 47.4 Å². The average molecular weight is 396 g/mol. The van der Waals surface area contributed by atoms with Crippen LogP contribution in [-0.2, 0) is 16.1 Å². The van der Waals surface area contributed by atoms with Crippen LogP contribution in [0.25, 0.3) is 0 Å². The Kier molecular flexibility index (Phi) is 7.05. The van der Waals surface area contributed by atoms with Crippen LogP contribution in [0.2, 0.25) is 0 Å². The third-order valence-electron chi connectivity index (χ3n) is 5.18. The van der Waals surface area contributed by atoms with Crippen LogP contribution < -0.4 is 9.64 Å². The molecule has 0 N–H and O–H groups in total. The molecule has 1 aliphatic rings. The lowest BCUT2D eigenvalue weighted by atomic mass is 10.2. The van der Waals surface area contributed by atoms with E-state index in [-0.39, 0.29) is 11.8 Å². The van der Waals surface area contributed by atoms with E-state index in [1.54, 1.807) is 25.1 Å². The molecule has 0 radical (unpaired) electrons. The number of rotatable bonds is 7. The van der Waals surface area contributed by atoms with Crippen LogP contribution in [-0.4, -0.2) is 66.4 Å². The number of aromatic nitrogens is 1. The van der Waals surface area contributed by atoms with Gasteiger partial charge >= 0.3 is 0 Å². The molecule has 1 aromatic heterocycles. The standard InChI is InChI=1S/C22H28N4O3/c1-18(27)26(17-19-6-8-20(29-2)9-7-19)12-10-22(28)25-15-13-24(14-16-25)21-5-3-4-11-23-21/h3-9,11H,10,12-17H2,1-2H3. The van der Waals surface area contributed by atoms with Crippen LogP contribution in [0, 0.1) is 0 Å². The Morgan fingerprint density at radius 3 is 2.38 bits per heavy atom. The van der Waals surface area contributed by atoms with Crippen LogP contribution in [0.4, 0.5) is 5.82 Å². The molecule has 2 amide bonds. The molecule has 154 valence electrons. The minimum Gasteiger partial charge on any atom is -0.497 e. The maximum absolute atomic E-state index is 12.6. The third kappa shape index (κ3) is 5.70. The smallest absolute Gasteiger partial charge is 0.224 e. The Balaban J connectivity index is 1.48. The molecule has 2 heterocycles. The number of methoxy groups -OCH3 is 1. The van der Waals surface area contributed by atoms with Gasteiger partial charge in [0.05, 0.1) is 7.11 Å². The summed E-state index contributed by atoms with van der Waals surface area (Å²) in [5.74, 6) is 1.78. The Morgan fingerprint density at radius 1 is 1.07 bits per heavy atom. The maximum Gasteiger partial charge on any atom is 0.224 e. The number of carbonyl (C=O) groups is 2. The maximum atomic E-state index is 12.6. The highest BCUT2D eigenvalue weighted by Gasteiger charge is 2.22. The Labute approximate surface area is 171 Å². The molecule has 1 aliphatic heterocycles. The van der Waals surface area contributed by atoms with E-state index < -0.39 is 0 Å². The monoisotopic (exact) mass is 396 g/mol. The van der Waals surface area contributed by atoms with Crippen molar-refractivity contribution in [2.45, 2.75) is 19.9 Å². The second-order valence-electron chi connectivity index (χ2n) is 7.09. The van der Waals surface area contributed by atoms with Gasteiger partial charge in [-0.2, -0.15) is 0 Å². The fraction of sp³-hybridized carbons (Fsp3) is 0.409. The molecule has 0 aliphatic carbocycles. The summed E-state index contributed by atoms with van der Waals surface area (Å²) in [5.41, 5.74) is 1.01. The SMILES string of the molecule is COc1ccc(CN(CCC(=O)N2CCN(c3ccccn3)CC2)C(C)=O)cc1. The van der Waals surface area contributed by atoms with Crippen LogP contribution in [0.1, 0.15) is 18.9 Å². The van der Waals surface area contributed by atoms with Gasteiger partial charge in [0.25, 0.3) is 0 Å². The van der Waals surface area contributed by atoms with E-state index in [1.165, 1.54) is 0 Å². The van der Waals surface area contributed by atoms with Gasteiger partial charge in [-0.05, 0) is 29.8 Å². The topological polar surface area (TPSA) is 66.0 Å². The molecule has 7 nitrogen and oxygen atoms in total. The fourth-order valence-electron chi connectivity index (χ4n) is 3.41. The molecule has 2 aromatic rings. The molecular weight excluding hydrogens is 368 g/mol. The van der Waals surface area contributed by atoms with Crippen LogP contribution in [0.5, 0.6) is 5.75 Å². The number of anilines is 1. The van der Waals surface area contributed by atoms with Gasteiger partial charge < -0.3 is 19.4 Å². The predicted octanol–water partition coefficient (Wildman–Crippen LogP) is 2.18. The molecule has 3 rings (SSSR count). The van der Waals surface area contributed by atoms with Crippen molar-refractivity contribution in [2.75, 3.05) is 44.7 Å². The average Bonchev–Trinajstić information content (AvgIpc) is 2.77. The van der Waals surface area contributed by atoms with Crippen molar-refractivity contribution in [3.05, 3.63) is 54.2 Å². The molecule has 1 aromatic carbocycles. The van der Waals surface area contributed by atoms with Gasteiger partial charge in [0.15, 0.2) is 0 Å². The first-order valence-electron chi connectivity index (χ1n) is 9.89. The molecule has 0 atom stereocenters. The van der Waals surface area contributed by atoms with E-state index in [4.69, 9.17) is 4.74 Å². The molecule has 1 fully saturated rings. The Morgan fingerprint density at radius 2 is 1.79 bits per heavy atom. The van der Waals surface area contributed by atoms with E-state index in [2.05, 4.69) is 9.88 Å². The first-order chi connectivity index (χ1) is 14.1. The third-order valence-corrected chi connectivity index (χ3v) is 5.18. The molecular formula is C22H28N4O3. The number of ether oxygens (including phenoxy) is 1. The van der Waals surface area contributed by atoms with Crippen LogP contribution in [0.3, 0.4) is 0 Å². The number of hydrogen-bond acceptors (Lipinski definition) is 5. The van der Waals surface area contributed by atoms with Crippen molar-refractivity contribution in [3.63, 3.8) is 0 Å². The lowest BCUT2D eigenvalue weighted by molar-refractivity contribution is -0.134. The van der Waals surface area contributed by atoms with E-state index in [0.717, 1.165) is 30.2 Å². The number of carbonyl (C=O) groups excluding carboxylic acids is 2. The molecule has 7 heteroatoms. The second kappa shape index (κ2) is 9.91. The highest BCUT2D eigenvalue weighted by atomic mass is 16.5. The lowest BCUT2D eigenvalue weighted by Crippen LogP contribution is -2.49. The van der Waals surface area contributed by atoms with Crippen molar-refractivity contribution in [3.8, 4) is 5.75 Å². The summed E-state index contributed by atoms with van der Waals surface area (Å²) in [5, 5.41) is 0. The first kappa shape index (κ1) is 20.6. The van der Waals surface area contributed by atoms with E-state index >= 15 is 0 Å². The zero-order valence-electron chi connectivity index (χ0n) is 17.1. The number of amides is 2. The molecule has 0 bridgehead atoms. The summed E-state index contributed by atoms with van der Waals surface area (Å²) < 4.78 is 5.17. The van der Waals surface area contributed by atoms with Crippen LogP contribution in [0.15, 0.2) is 48.7 Å². The number of piperazine rings is 1. The van der Waals surface area contributed by atoms with Crippen molar-refractivity contribution >= 4 is 17.6 Å². The highest BCUT2D eigenvalue weighted by molar-refractivity contribution is 5.78. The Hall–Kier alpha value is -3.09. The number of hydrogen-bond donors (Lipinski definition) is 0. The van der Waals surface area contributed by atoms with Crippen molar-refractivity contribution in [2.24, 2.45) is 0 Å². The quantitative estimate of drug-likeness (QED) is 0.718. The summed E-state index contributed by atoms with van der Waals surface area (Å²) in [4.78, 5) is 34.8. The van der Waals surface area contributed by atoms with Gasteiger partial charge in [0.1, 0.15) is 11.6 Å². The van der Waals surface area contributed by atoms with Gasteiger partial charge in [0, 0.05) is 58.8 Å². The van der Waals surface area contributed by atoms with Crippen LogP contribution >= 0.6 is 0 Å². The van der Waals surface area contributed by atoms with Gasteiger partial charge in [-0.1, -0.05) is 18.2 Å². The fourth-order valence-corrected chi connectivity index (χ4v) is 3.41. The lowest BCUT2D eigenvalue weighted by Gasteiger charge is -2.35. The zero-order valence-corrected chi connectivity index (χ0v) is 17.1. The van der Waals surface area contributed by atoms with E-state index in [9.17, 15) is 9.59 Å². The van der Waals surface area contributed by atoms with Gasteiger partial charge in [0.2, 0.25) is 11.8 Å². The highest BCUT2D eigenvalue weighted by Crippen LogP contribution is 2.15. The largest absolute Gasteiger partial charge is 0.497 e. The first-order valence-corrected chi connectivity index (χ1v) is 9.89. The molecule has 0 saturated carbocycles. The molecule has 29 heavy (non-hydrogen) atoms. The van der Waals surface area contributed by atoms with E-state index in [0.29, 0.717) is 32.6 Å². The normalized spacial score (nSPS) is 13.9. The molecule has 0 spiro atoms. The summed E-state index contributed by atoms with van der Waals surface area (Å²) in [7, 11) is 1.62. The summed E-state index contributed by atoms with van der Waals surface area (Å²) in [6, 6.07) is 13.5. The summed E-state index contributed by atoms with van der Waals surface area (Å²) in [6.07, 6.45) is 2.12. The van der Waals surface area contributed by atoms with Crippen molar-refractivity contribution in [1.29, 1.82) is 0 Å². The summed E-state index contributed by atoms with van der Waals surface area (Å²) in [6.45, 7) is 5.33. The van der Waals surface area contributed by atoms with Crippen molar-refractivity contribution < 1.29 is 14.3 Å². The van der Waals surface area contributed by atoms with Gasteiger partial charge in [-0.3, -0.25) is 9.59 Å². The predicted molar refractivity (Wildman–Crippen MR) is 112 cm³/mol. The minimum atomic E-state index is -0.0337. The number of pyridine rings is 1. The van der Waals surface area contributed by atoms with Crippen molar-refractivity contribution in [1.82, 2.24) is 14.8 Å². The van der Waals surface area contributed by atoms with Gasteiger partial charge in [-0.25, -0.2) is 4.98 Å². The van der Waals surface area contributed by atoms with Gasteiger partial charge in [-0.15, -0.1) is 0 Å². The molecule has 0 unspecified atom stereocenters. The number of nitrogens with zero attached hydrogens (tertiary/aromatic N) is 4. The molecule has 1 saturated heterocycles. The zero-order chi connectivity index (χ0) is 20.6. The minimum absolute atomic E-state index is 0.0337. The number of benzene rings is 1. The second-order valence-corrected chi connectivity index (χ2v) is 7.09.